The Balaban J connectivity index is 2.25. The van der Waals surface area contributed by atoms with Crippen molar-refractivity contribution in [2.75, 3.05) is 18.4 Å². The molecule has 0 fully saturated rings. The summed E-state index contributed by atoms with van der Waals surface area (Å²) in [6.45, 7) is 9.75. The first kappa shape index (κ1) is 16.3. The minimum absolute atomic E-state index is 0.0693. The van der Waals surface area contributed by atoms with E-state index in [4.69, 9.17) is 0 Å². The van der Waals surface area contributed by atoms with E-state index in [0.717, 1.165) is 30.6 Å². The fraction of sp³-hybridized carbons (Fsp3) is 0.625. The summed E-state index contributed by atoms with van der Waals surface area (Å²) in [6, 6.07) is 5.46. The number of hydrogen-bond donors (Lipinski definition) is 2. The molecule has 0 aliphatic carbocycles. The first-order valence-corrected chi connectivity index (χ1v) is 9.08. The smallest absolute Gasteiger partial charge is 0.240 e. The van der Waals surface area contributed by atoms with Crippen LogP contribution in [0.25, 0.3) is 0 Å². The van der Waals surface area contributed by atoms with Crippen LogP contribution in [0.5, 0.6) is 0 Å². The highest BCUT2D eigenvalue weighted by atomic mass is 32.2. The van der Waals surface area contributed by atoms with E-state index in [2.05, 4.69) is 37.7 Å². The lowest BCUT2D eigenvalue weighted by molar-refractivity contribution is 0.252. The first-order chi connectivity index (χ1) is 9.74. The predicted molar refractivity (Wildman–Crippen MR) is 87.1 cm³/mol. The molecule has 2 rings (SSSR count). The Morgan fingerprint density at radius 1 is 1.33 bits per heavy atom. The molecule has 0 radical (unpaired) electrons. The van der Waals surface area contributed by atoms with Crippen LogP contribution in [-0.2, 0) is 16.4 Å². The number of benzene rings is 1. The molecular formula is C16H26N2O2S. The standard InChI is InChI=1S/C16H26N2O2S/c1-12(2)16(3,4)11-18-21(19,20)15-9-5-8-14-13(15)7-6-10-17-14/h5,8-9,12,17-18H,6-7,10-11H2,1-4H3. The Morgan fingerprint density at radius 2 is 2.05 bits per heavy atom. The zero-order valence-electron chi connectivity index (χ0n) is 13.4. The van der Waals surface area contributed by atoms with Crippen molar-refractivity contribution in [3.05, 3.63) is 23.8 Å². The van der Waals surface area contributed by atoms with Crippen LogP contribution in [-0.4, -0.2) is 21.5 Å². The third-order valence-corrected chi connectivity index (χ3v) is 6.11. The van der Waals surface area contributed by atoms with E-state index in [-0.39, 0.29) is 5.41 Å². The summed E-state index contributed by atoms with van der Waals surface area (Å²) in [6.07, 6.45) is 1.78. The van der Waals surface area contributed by atoms with Crippen molar-refractivity contribution in [1.82, 2.24) is 4.72 Å². The van der Waals surface area contributed by atoms with Gasteiger partial charge in [-0.3, -0.25) is 0 Å². The molecule has 4 nitrogen and oxygen atoms in total. The van der Waals surface area contributed by atoms with E-state index < -0.39 is 10.0 Å². The van der Waals surface area contributed by atoms with Crippen molar-refractivity contribution in [2.45, 2.75) is 45.4 Å². The quantitative estimate of drug-likeness (QED) is 0.879. The van der Waals surface area contributed by atoms with Gasteiger partial charge in [0.05, 0.1) is 4.90 Å². The Kier molecular flexibility index (Phi) is 4.63. The topological polar surface area (TPSA) is 58.2 Å². The number of nitrogens with one attached hydrogen (secondary N) is 2. The van der Waals surface area contributed by atoms with E-state index in [1.165, 1.54) is 0 Å². The van der Waals surface area contributed by atoms with Crippen LogP contribution in [0.15, 0.2) is 23.1 Å². The molecule has 1 aliphatic heterocycles. The van der Waals surface area contributed by atoms with Crippen LogP contribution in [0.3, 0.4) is 0 Å². The SMILES string of the molecule is CC(C)C(C)(C)CNS(=O)(=O)c1cccc2c1CCCN2. The lowest BCUT2D eigenvalue weighted by Gasteiger charge is -2.29. The Hall–Kier alpha value is -1.07. The van der Waals surface area contributed by atoms with E-state index in [0.29, 0.717) is 17.4 Å². The molecule has 21 heavy (non-hydrogen) atoms. The van der Waals surface area contributed by atoms with Crippen molar-refractivity contribution in [3.8, 4) is 0 Å². The van der Waals surface area contributed by atoms with Crippen LogP contribution in [0.4, 0.5) is 5.69 Å². The monoisotopic (exact) mass is 310 g/mol. The second-order valence-electron chi connectivity index (χ2n) is 6.78. The zero-order valence-corrected chi connectivity index (χ0v) is 14.2. The fourth-order valence-electron chi connectivity index (χ4n) is 2.29. The molecule has 0 unspecified atom stereocenters. The van der Waals surface area contributed by atoms with Crippen LogP contribution >= 0.6 is 0 Å². The van der Waals surface area contributed by atoms with Gasteiger partial charge in [-0.25, -0.2) is 13.1 Å². The highest BCUT2D eigenvalue weighted by Gasteiger charge is 2.27. The molecule has 2 N–H and O–H groups in total. The minimum atomic E-state index is -3.46. The first-order valence-electron chi connectivity index (χ1n) is 7.59. The van der Waals surface area contributed by atoms with Crippen LogP contribution in [0, 0.1) is 11.3 Å². The molecule has 0 atom stereocenters. The molecule has 1 aromatic rings. The average Bonchev–Trinajstić information content (AvgIpc) is 2.44. The maximum atomic E-state index is 12.6. The van der Waals surface area contributed by atoms with E-state index in [1.807, 2.05) is 6.07 Å². The molecular weight excluding hydrogens is 284 g/mol. The maximum Gasteiger partial charge on any atom is 0.240 e. The number of hydrogen-bond acceptors (Lipinski definition) is 3. The van der Waals surface area contributed by atoms with Crippen molar-refractivity contribution in [2.24, 2.45) is 11.3 Å². The van der Waals surface area contributed by atoms with Gasteiger partial charge < -0.3 is 5.32 Å². The molecule has 1 aliphatic rings. The number of fused-ring (bicyclic) bond motifs is 1. The third kappa shape index (κ3) is 3.58. The molecule has 0 amide bonds. The Bertz CT molecular complexity index is 607. The highest BCUT2D eigenvalue weighted by molar-refractivity contribution is 7.89. The van der Waals surface area contributed by atoms with Gasteiger partial charge >= 0.3 is 0 Å². The third-order valence-electron chi connectivity index (χ3n) is 4.62. The second-order valence-corrected chi connectivity index (χ2v) is 8.52. The normalized spacial score (nSPS) is 15.7. The molecule has 1 heterocycles. The summed E-state index contributed by atoms with van der Waals surface area (Å²) >= 11 is 0. The number of anilines is 1. The average molecular weight is 310 g/mol. The Labute approximate surface area is 128 Å². The minimum Gasteiger partial charge on any atom is -0.385 e. The maximum absolute atomic E-state index is 12.6. The molecule has 0 bridgehead atoms. The predicted octanol–water partition coefficient (Wildman–Crippen LogP) is 3.01. The lowest BCUT2D eigenvalue weighted by Crippen LogP contribution is -2.37. The van der Waals surface area contributed by atoms with Gasteiger partial charge in [-0.2, -0.15) is 0 Å². The van der Waals surface area contributed by atoms with E-state index in [9.17, 15) is 8.42 Å². The van der Waals surface area contributed by atoms with E-state index >= 15 is 0 Å². The van der Waals surface area contributed by atoms with Gasteiger partial charge in [0.1, 0.15) is 0 Å². The zero-order chi connectivity index (χ0) is 15.7. The van der Waals surface area contributed by atoms with Crippen LogP contribution < -0.4 is 10.0 Å². The fourth-order valence-corrected chi connectivity index (χ4v) is 3.80. The lowest BCUT2D eigenvalue weighted by atomic mass is 9.81. The molecule has 0 saturated heterocycles. The summed E-state index contributed by atoms with van der Waals surface area (Å²) in [5, 5.41) is 3.27. The summed E-state index contributed by atoms with van der Waals surface area (Å²) < 4.78 is 28.1. The summed E-state index contributed by atoms with van der Waals surface area (Å²) in [7, 11) is -3.46. The molecule has 118 valence electrons. The largest absolute Gasteiger partial charge is 0.385 e. The van der Waals surface area contributed by atoms with Gasteiger partial charge in [-0.15, -0.1) is 0 Å². The second kappa shape index (κ2) is 5.97. The molecule has 1 aromatic carbocycles. The molecule has 5 heteroatoms. The van der Waals surface area contributed by atoms with Crippen LogP contribution in [0.2, 0.25) is 0 Å². The van der Waals surface area contributed by atoms with Crippen molar-refractivity contribution >= 4 is 15.7 Å². The van der Waals surface area contributed by atoms with Gasteiger partial charge in [-0.1, -0.05) is 33.8 Å². The summed E-state index contributed by atoms with van der Waals surface area (Å²) in [4.78, 5) is 0.423. The van der Waals surface area contributed by atoms with E-state index in [1.54, 1.807) is 12.1 Å². The molecule has 0 saturated carbocycles. The molecule has 0 spiro atoms. The highest BCUT2D eigenvalue weighted by Crippen LogP contribution is 2.29. The molecule has 0 aromatic heterocycles. The van der Waals surface area contributed by atoms with Gasteiger partial charge in [0.25, 0.3) is 0 Å². The number of rotatable bonds is 5. The van der Waals surface area contributed by atoms with Crippen molar-refractivity contribution in [1.29, 1.82) is 0 Å². The number of sulfonamides is 1. The summed E-state index contributed by atoms with van der Waals surface area (Å²) in [5.74, 6) is 0.409. The van der Waals surface area contributed by atoms with Gasteiger partial charge in [0.2, 0.25) is 10.0 Å². The Morgan fingerprint density at radius 3 is 2.71 bits per heavy atom. The van der Waals surface area contributed by atoms with Gasteiger partial charge in [0.15, 0.2) is 0 Å². The van der Waals surface area contributed by atoms with Crippen molar-refractivity contribution in [3.63, 3.8) is 0 Å². The van der Waals surface area contributed by atoms with Crippen molar-refractivity contribution < 1.29 is 8.42 Å². The summed E-state index contributed by atoms with van der Waals surface area (Å²) in [5.41, 5.74) is 1.80. The van der Waals surface area contributed by atoms with Gasteiger partial charge in [0, 0.05) is 18.8 Å². The van der Waals surface area contributed by atoms with Crippen LogP contribution in [0.1, 0.15) is 39.7 Å². The van der Waals surface area contributed by atoms with Gasteiger partial charge in [-0.05, 0) is 41.9 Å².